The number of esters is 3. The lowest BCUT2D eigenvalue weighted by molar-refractivity contribution is -0.294. The van der Waals surface area contributed by atoms with E-state index in [2.05, 4.69) is 20.8 Å². The Kier molecular flexibility index (Phi) is 10.3. The minimum absolute atomic E-state index is 0.135. The first-order valence-corrected chi connectivity index (χ1v) is 15.0. The molecule has 1 fully saturated rings. The molecule has 2 aromatic carbocycles. The van der Waals surface area contributed by atoms with Crippen molar-refractivity contribution in [3.05, 3.63) is 60.7 Å². The van der Waals surface area contributed by atoms with Gasteiger partial charge in [0.25, 0.3) is 8.32 Å². The lowest BCUT2D eigenvalue weighted by Gasteiger charge is -2.46. The fourth-order valence-electron chi connectivity index (χ4n) is 4.97. The van der Waals surface area contributed by atoms with Crippen molar-refractivity contribution in [3.63, 3.8) is 0 Å². The van der Waals surface area contributed by atoms with E-state index in [0.29, 0.717) is 0 Å². The van der Waals surface area contributed by atoms with Crippen molar-refractivity contribution in [2.24, 2.45) is 0 Å². The maximum Gasteiger partial charge on any atom is 0.321 e. The van der Waals surface area contributed by atoms with Gasteiger partial charge in [-0.1, -0.05) is 81.4 Å². The highest BCUT2D eigenvalue weighted by molar-refractivity contribution is 6.99. The summed E-state index contributed by atoms with van der Waals surface area (Å²) in [5, 5.41) is 12.5. The second kappa shape index (κ2) is 13.1. The van der Waals surface area contributed by atoms with Crippen LogP contribution in [0.15, 0.2) is 60.7 Å². The molecule has 0 radical (unpaired) electrons. The van der Waals surface area contributed by atoms with E-state index in [-0.39, 0.29) is 11.6 Å². The summed E-state index contributed by atoms with van der Waals surface area (Å²) in [6, 6.07) is 19.7. The molecule has 9 nitrogen and oxygen atoms in total. The van der Waals surface area contributed by atoms with Crippen LogP contribution in [0.3, 0.4) is 0 Å². The summed E-state index contributed by atoms with van der Waals surface area (Å²) >= 11 is 5.65. The quantitative estimate of drug-likeness (QED) is 0.207. The standard InChI is InChI=1S/C28H35ClO9Si/c1-18(30)35-24-22(37-27(33)26(36-19(2)31)25(24)38-23(32)16-29)17-34-39(28(3,4)5,20-12-8-6-9-13-20)21-14-10-7-11-15-21/h6-15,22,24-27,33H,16-17H2,1-5H3/t22-,24+,25+,26-,27+/m1/s1. The Morgan fingerprint density at radius 2 is 1.33 bits per heavy atom. The molecule has 0 unspecified atom stereocenters. The molecule has 0 spiro atoms. The fourth-order valence-corrected chi connectivity index (χ4v) is 9.60. The van der Waals surface area contributed by atoms with E-state index in [0.717, 1.165) is 17.3 Å². The zero-order valence-corrected chi connectivity index (χ0v) is 24.4. The highest BCUT2D eigenvalue weighted by Gasteiger charge is 2.55. The highest BCUT2D eigenvalue weighted by atomic mass is 35.5. The summed E-state index contributed by atoms with van der Waals surface area (Å²) in [5.41, 5.74) is 0. The van der Waals surface area contributed by atoms with Crippen molar-refractivity contribution < 1.29 is 42.9 Å². The highest BCUT2D eigenvalue weighted by Crippen LogP contribution is 2.38. The van der Waals surface area contributed by atoms with Crippen LogP contribution >= 0.6 is 11.6 Å². The van der Waals surface area contributed by atoms with E-state index in [1.54, 1.807) is 0 Å². The van der Waals surface area contributed by atoms with Crippen molar-refractivity contribution in [1.82, 2.24) is 0 Å². The van der Waals surface area contributed by atoms with Gasteiger partial charge in [0.1, 0.15) is 12.0 Å². The number of carbonyl (C=O) groups is 3. The van der Waals surface area contributed by atoms with Crippen molar-refractivity contribution in [2.45, 2.75) is 70.4 Å². The van der Waals surface area contributed by atoms with Crippen molar-refractivity contribution in [1.29, 1.82) is 0 Å². The molecule has 212 valence electrons. The number of hydrogen-bond acceptors (Lipinski definition) is 9. The molecule has 0 aliphatic carbocycles. The Morgan fingerprint density at radius 3 is 1.77 bits per heavy atom. The predicted octanol–water partition coefficient (Wildman–Crippen LogP) is 2.29. The number of ether oxygens (including phenoxy) is 4. The summed E-state index contributed by atoms with van der Waals surface area (Å²) in [6.07, 6.45) is -6.88. The van der Waals surface area contributed by atoms with Gasteiger partial charge in [-0.3, -0.25) is 14.4 Å². The first-order chi connectivity index (χ1) is 18.4. The summed E-state index contributed by atoms with van der Waals surface area (Å²) < 4.78 is 28.9. The van der Waals surface area contributed by atoms with Crippen LogP contribution < -0.4 is 10.4 Å². The van der Waals surface area contributed by atoms with Crippen LogP contribution in [-0.2, 0) is 37.8 Å². The Morgan fingerprint density at radius 1 is 0.846 bits per heavy atom. The zero-order chi connectivity index (χ0) is 28.8. The van der Waals surface area contributed by atoms with Crippen molar-refractivity contribution in [2.75, 3.05) is 12.5 Å². The predicted molar refractivity (Wildman–Crippen MR) is 146 cm³/mol. The van der Waals surface area contributed by atoms with Crippen LogP contribution in [0.1, 0.15) is 34.6 Å². The minimum Gasteiger partial charge on any atom is -0.456 e. The molecule has 1 heterocycles. The molecule has 5 atom stereocenters. The van der Waals surface area contributed by atoms with Crippen LogP contribution in [0.2, 0.25) is 5.04 Å². The maximum absolute atomic E-state index is 12.2. The largest absolute Gasteiger partial charge is 0.456 e. The molecule has 1 saturated heterocycles. The molecule has 0 aromatic heterocycles. The molecule has 11 heteroatoms. The van der Waals surface area contributed by atoms with Crippen LogP contribution in [-0.4, -0.2) is 74.5 Å². The van der Waals surface area contributed by atoms with Gasteiger partial charge in [0.05, 0.1) is 6.61 Å². The van der Waals surface area contributed by atoms with E-state index >= 15 is 0 Å². The molecule has 1 aliphatic heterocycles. The van der Waals surface area contributed by atoms with E-state index < -0.39 is 62.8 Å². The second-order valence-corrected chi connectivity index (χ2v) is 14.8. The van der Waals surface area contributed by atoms with Gasteiger partial charge in [0.15, 0.2) is 24.6 Å². The van der Waals surface area contributed by atoms with Crippen LogP contribution in [0.5, 0.6) is 0 Å². The first-order valence-electron chi connectivity index (χ1n) is 12.6. The number of rotatable bonds is 9. The number of aliphatic hydroxyl groups excluding tert-OH is 1. The maximum atomic E-state index is 12.2. The van der Waals surface area contributed by atoms with Gasteiger partial charge in [-0.15, -0.1) is 11.6 Å². The summed E-state index contributed by atoms with van der Waals surface area (Å²) in [6.45, 7) is 8.48. The minimum atomic E-state index is -3.05. The fraction of sp³-hybridized carbons (Fsp3) is 0.464. The van der Waals surface area contributed by atoms with Crippen molar-refractivity contribution in [3.8, 4) is 0 Å². The second-order valence-electron chi connectivity index (χ2n) is 10.3. The van der Waals surface area contributed by atoms with Gasteiger partial charge in [-0.05, 0) is 15.4 Å². The van der Waals surface area contributed by atoms with E-state index in [4.69, 9.17) is 35.0 Å². The average Bonchev–Trinajstić information content (AvgIpc) is 2.88. The van der Waals surface area contributed by atoms with E-state index in [1.165, 1.54) is 6.92 Å². The number of aliphatic hydroxyl groups is 1. The normalized spacial score (nSPS) is 23.5. The molecule has 1 aliphatic rings. The third-order valence-electron chi connectivity index (χ3n) is 6.47. The summed E-state index contributed by atoms with van der Waals surface area (Å²) in [7, 11) is -3.05. The first kappa shape index (κ1) is 30.8. The molecule has 2 aromatic rings. The number of halogens is 1. The number of benzene rings is 2. The molecule has 3 rings (SSSR count). The smallest absolute Gasteiger partial charge is 0.321 e. The lowest BCUT2D eigenvalue weighted by Crippen LogP contribution is -2.68. The Bertz CT molecular complexity index is 1080. The summed E-state index contributed by atoms with van der Waals surface area (Å²) in [4.78, 5) is 36.1. The SMILES string of the molecule is CC(=O)O[C@@H]1[C@@H](OC(=O)CCl)[C@@H](OC(C)=O)[C@@H](CO[Si](c2ccccc2)(c2ccccc2)C(C)(C)C)O[C@@H]1O. The van der Waals surface area contributed by atoms with Crippen LogP contribution in [0, 0.1) is 0 Å². The number of alkyl halides is 1. The van der Waals surface area contributed by atoms with Gasteiger partial charge in [0, 0.05) is 13.8 Å². The molecule has 39 heavy (non-hydrogen) atoms. The number of hydrogen-bond donors (Lipinski definition) is 1. The Hall–Kier alpha value is -2.76. The molecular formula is C28H35ClO9Si. The third-order valence-corrected chi connectivity index (χ3v) is 11.7. The van der Waals surface area contributed by atoms with Crippen LogP contribution in [0.4, 0.5) is 0 Å². The Labute approximate surface area is 234 Å². The summed E-state index contributed by atoms with van der Waals surface area (Å²) in [5.74, 6) is -2.80. The topological polar surface area (TPSA) is 118 Å². The van der Waals surface area contributed by atoms with Crippen molar-refractivity contribution >= 4 is 48.2 Å². The van der Waals surface area contributed by atoms with Gasteiger partial charge in [-0.25, -0.2) is 0 Å². The average molecular weight is 579 g/mol. The lowest BCUT2D eigenvalue weighted by atomic mass is 9.98. The van der Waals surface area contributed by atoms with Gasteiger partial charge in [-0.2, -0.15) is 0 Å². The molecular weight excluding hydrogens is 544 g/mol. The van der Waals surface area contributed by atoms with Gasteiger partial charge < -0.3 is 28.5 Å². The Balaban J connectivity index is 2.07. The molecule has 0 bridgehead atoms. The number of carbonyl (C=O) groups excluding carboxylic acids is 3. The molecule has 0 amide bonds. The van der Waals surface area contributed by atoms with Gasteiger partial charge >= 0.3 is 17.9 Å². The molecule has 1 N–H and O–H groups in total. The monoisotopic (exact) mass is 578 g/mol. The van der Waals surface area contributed by atoms with Gasteiger partial charge in [0.2, 0.25) is 0 Å². The van der Waals surface area contributed by atoms with E-state index in [9.17, 15) is 19.5 Å². The van der Waals surface area contributed by atoms with E-state index in [1.807, 2.05) is 60.7 Å². The zero-order valence-electron chi connectivity index (χ0n) is 22.7. The third kappa shape index (κ3) is 7.06. The van der Waals surface area contributed by atoms with Crippen LogP contribution in [0.25, 0.3) is 0 Å². The molecule has 0 saturated carbocycles.